The van der Waals surface area contributed by atoms with Gasteiger partial charge in [-0.2, -0.15) is 9.30 Å². The smallest absolute Gasteiger partial charge is 0.279 e. The van der Waals surface area contributed by atoms with E-state index in [0.717, 1.165) is 27.5 Å². The summed E-state index contributed by atoms with van der Waals surface area (Å²) in [6, 6.07) is 11.9. The molecule has 0 aliphatic rings. The summed E-state index contributed by atoms with van der Waals surface area (Å²) in [6.45, 7) is 9.16. The summed E-state index contributed by atoms with van der Waals surface area (Å²) in [5, 5.41) is 0. The summed E-state index contributed by atoms with van der Waals surface area (Å²) in [7, 11) is -3.59. The molecule has 170 valence electrons. The van der Waals surface area contributed by atoms with E-state index in [1.165, 1.54) is 39.9 Å². The number of hydrogen-bond donors (Lipinski definition) is 0. The first-order valence-electron chi connectivity index (χ1n) is 10.4. The molecule has 9 heteroatoms. The molecule has 0 atom stereocenters. The fourth-order valence-electron chi connectivity index (χ4n) is 3.36. The van der Waals surface area contributed by atoms with Gasteiger partial charge >= 0.3 is 0 Å². The van der Waals surface area contributed by atoms with Gasteiger partial charge in [0.15, 0.2) is 4.80 Å². The average Bonchev–Trinajstić information content (AvgIpc) is 3.09. The maximum Gasteiger partial charge on any atom is 0.279 e. The molecule has 0 bridgehead atoms. The van der Waals surface area contributed by atoms with Crippen LogP contribution in [0.4, 0.5) is 0 Å². The van der Waals surface area contributed by atoms with E-state index in [2.05, 4.69) is 27.5 Å². The zero-order chi connectivity index (χ0) is 23.3. The van der Waals surface area contributed by atoms with Gasteiger partial charge in [0.05, 0.1) is 15.1 Å². The van der Waals surface area contributed by atoms with E-state index in [0.29, 0.717) is 30.0 Å². The third-order valence-electron chi connectivity index (χ3n) is 4.84. The Kier molecular flexibility index (Phi) is 8.21. The van der Waals surface area contributed by atoms with Gasteiger partial charge in [-0.25, -0.2) is 8.42 Å². The second-order valence-electron chi connectivity index (χ2n) is 7.24. The SMILES string of the molecule is C=CCn1c(=NC(=O)c2ccc(S(=O)(=O)N(CCC)CCC)cc2)sc2cc(Br)ccc21. The number of halogens is 1. The average molecular weight is 537 g/mol. The van der Waals surface area contributed by atoms with Gasteiger partial charge in [-0.3, -0.25) is 4.79 Å². The minimum atomic E-state index is -3.59. The number of fused-ring (bicyclic) bond motifs is 1. The van der Waals surface area contributed by atoms with Crippen LogP contribution in [-0.2, 0) is 16.6 Å². The Balaban J connectivity index is 1.95. The molecular weight excluding hydrogens is 510 g/mol. The van der Waals surface area contributed by atoms with Crippen molar-refractivity contribution in [1.82, 2.24) is 8.87 Å². The Hall–Kier alpha value is -2.07. The zero-order valence-corrected chi connectivity index (χ0v) is 21.3. The third kappa shape index (κ3) is 5.28. The number of nitrogens with zero attached hydrogens (tertiary/aromatic N) is 3. The predicted octanol–water partition coefficient (Wildman–Crippen LogP) is 5.20. The largest absolute Gasteiger partial charge is 0.312 e. The van der Waals surface area contributed by atoms with Crippen molar-refractivity contribution in [2.75, 3.05) is 13.1 Å². The van der Waals surface area contributed by atoms with Gasteiger partial charge in [-0.1, -0.05) is 47.2 Å². The number of benzene rings is 2. The van der Waals surface area contributed by atoms with Crippen molar-refractivity contribution in [3.05, 3.63) is 70.0 Å². The molecule has 0 saturated heterocycles. The molecule has 0 aliphatic heterocycles. The van der Waals surface area contributed by atoms with E-state index in [-0.39, 0.29) is 4.90 Å². The molecule has 1 amide bonds. The number of hydrogen-bond acceptors (Lipinski definition) is 4. The standard InChI is InChI=1S/C23H26BrN3O3S2/c1-4-13-26(14-5-2)32(29,30)19-10-7-17(8-11-19)22(28)25-23-27(15-6-3)20-12-9-18(24)16-21(20)31-23/h6-12,16H,3-5,13-15H2,1-2H3. The number of carbonyl (C=O) groups is 1. The van der Waals surface area contributed by atoms with Crippen LogP contribution in [-0.4, -0.2) is 36.3 Å². The molecular formula is C23H26BrN3O3S2. The van der Waals surface area contributed by atoms with E-state index >= 15 is 0 Å². The lowest BCUT2D eigenvalue weighted by molar-refractivity contribution is 0.0998. The second-order valence-corrected chi connectivity index (χ2v) is 11.1. The molecule has 0 aliphatic carbocycles. The molecule has 1 heterocycles. The first kappa shape index (κ1) is 24.6. The normalized spacial score (nSPS) is 12.6. The first-order valence-corrected chi connectivity index (χ1v) is 13.5. The molecule has 0 saturated carbocycles. The minimum absolute atomic E-state index is 0.185. The summed E-state index contributed by atoms with van der Waals surface area (Å²) < 4.78 is 31.2. The maximum absolute atomic E-state index is 12.9. The number of carbonyl (C=O) groups excluding carboxylic acids is 1. The van der Waals surface area contributed by atoms with Crippen LogP contribution in [0.15, 0.2) is 69.5 Å². The van der Waals surface area contributed by atoms with E-state index < -0.39 is 15.9 Å². The van der Waals surface area contributed by atoms with Crippen LogP contribution in [0.25, 0.3) is 10.2 Å². The zero-order valence-electron chi connectivity index (χ0n) is 18.1. The van der Waals surface area contributed by atoms with Crippen molar-refractivity contribution in [2.24, 2.45) is 4.99 Å². The Morgan fingerprint density at radius 3 is 2.41 bits per heavy atom. The molecule has 0 spiro atoms. The maximum atomic E-state index is 12.9. The highest BCUT2D eigenvalue weighted by atomic mass is 79.9. The lowest BCUT2D eigenvalue weighted by Crippen LogP contribution is -2.32. The molecule has 32 heavy (non-hydrogen) atoms. The number of thiazole rings is 1. The van der Waals surface area contributed by atoms with Gasteiger partial charge in [0, 0.05) is 29.7 Å². The summed E-state index contributed by atoms with van der Waals surface area (Å²) in [4.78, 5) is 17.9. The highest BCUT2D eigenvalue weighted by molar-refractivity contribution is 9.10. The Bertz CT molecular complexity index is 1290. The number of allylic oxidation sites excluding steroid dienone is 1. The third-order valence-corrected chi connectivity index (χ3v) is 8.29. The molecule has 0 N–H and O–H groups in total. The molecule has 3 aromatic rings. The van der Waals surface area contributed by atoms with Crippen LogP contribution in [0.3, 0.4) is 0 Å². The molecule has 0 radical (unpaired) electrons. The molecule has 0 fully saturated rings. The number of sulfonamides is 1. The summed E-state index contributed by atoms with van der Waals surface area (Å²) in [5.41, 5.74) is 1.31. The Labute approximate surface area is 201 Å². The highest BCUT2D eigenvalue weighted by Crippen LogP contribution is 2.23. The van der Waals surface area contributed by atoms with Crippen LogP contribution in [0.2, 0.25) is 0 Å². The van der Waals surface area contributed by atoms with Gasteiger partial charge in [0.2, 0.25) is 10.0 Å². The summed E-state index contributed by atoms with van der Waals surface area (Å²) >= 11 is 4.89. The highest BCUT2D eigenvalue weighted by Gasteiger charge is 2.23. The van der Waals surface area contributed by atoms with Crippen molar-refractivity contribution < 1.29 is 13.2 Å². The number of rotatable bonds is 9. The molecule has 1 aromatic heterocycles. The quantitative estimate of drug-likeness (QED) is 0.353. The lowest BCUT2D eigenvalue weighted by Gasteiger charge is -2.21. The monoisotopic (exact) mass is 535 g/mol. The number of aromatic nitrogens is 1. The van der Waals surface area contributed by atoms with Gasteiger partial charge in [-0.15, -0.1) is 6.58 Å². The minimum Gasteiger partial charge on any atom is -0.312 e. The van der Waals surface area contributed by atoms with Crippen molar-refractivity contribution in [2.45, 2.75) is 38.1 Å². The van der Waals surface area contributed by atoms with Crippen LogP contribution in [0.5, 0.6) is 0 Å². The number of amides is 1. The van der Waals surface area contributed by atoms with Crippen LogP contribution >= 0.6 is 27.3 Å². The van der Waals surface area contributed by atoms with E-state index in [1.54, 1.807) is 6.08 Å². The lowest BCUT2D eigenvalue weighted by atomic mass is 10.2. The van der Waals surface area contributed by atoms with Crippen molar-refractivity contribution in [3.63, 3.8) is 0 Å². The van der Waals surface area contributed by atoms with Gasteiger partial charge < -0.3 is 4.57 Å². The van der Waals surface area contributed by atoms with Crippen molar-refractivity contribution in [3.8, 4) is 0 Å². The van der Waals surface area contributed by atoms with Crippen LogP contribution in [0, 0.1) is 0 Å². The topological polar surface area (TPSA) is 71.7 Å². The fraction of sp³-hybridized carbons (Fsp3) is 0.304. The Morgan fingerprint density at radius 1 is 1.16 bits per heavy atom. The van der Waals surface area contributed by atoms with Crippen LogP contribution < -0.4 is 4.80 Å². The van der Waals surface area contributed by atoms with E-state index in [1.807, 2.05) is 36.6 Å². The van der Waals surface area contributed by atoms with Gasteiger partial charge in [-0.05, 0) is 55.3 Å². The first-order chi connectivity index (χ1) is 15.3. The van der Waals surface area contributed by atoms with E-state index in [4.69, 9.17) is 0 Å². The van der Waals surface area contributed by atoms with Crippen molar-refractivity contribution >= 4 is 53.4 Å². The summed E-state index contributed by atoms with van der Waals surface area (Å²) in [5.74, 6) is -0.420. The second kappa shape index (κ2) is 10.7. The molecule has 3 rings (SSSR count). The predicted molar refractivity (Wildman–Crippen MR) is 133 cm³/mol. The fourth-order valence-corrected chi connectivity index (χ4v) is 6.57. The summed E-state index contributed by atoms with van der Waals surface area (Å²) in [6.07, 6.45) is 3.24. The van der Waals surface area contributed by atoms with Gasteiger partial charge in [0.1, 0.15) is 0 Å². The Morgan fingerprint density at radius 2 is 1.81 bits per heavy atom. The molecule has 2 aromatic carbocycles. The molecule has 0 unspecified atom stereocenters. The van der Waals surface area contributed by atoms with Crippen LogP contribution in [0.1, 0.15) is 37.0 Å². The van der Waals surface area contributed by atoms with Gasteiger partial charge in [0.25, 0.3) is 5.91 Å². The van der Waals surface area contributed by atoms with Crippen molar-refractivity contribution in [1.29, 1.82) is 0 Å². The molecule has 6 nitrogen and oxygen atoms in total. The van der Waals surface area contributed by atoms with E-state index in [9.17, 15) is 13.2 Å².